The van der Waals surface area contributed by atoms with Crippen molar-refractivity contribution in [3.05, 3.63) is 22.8 Å². The topological polar surface area (TPSA) is 22.1 Å². The summed E-state index contributed by atoms with van der Waals surface area (Å²) < 4.78 is 42.1. The summed E-state index contributed by atoms with van der Waals surface area (Å²) in [5.41, 5.74) is 0.911. The van der Waals surface area contributed by atoms with E-state index in [2.05, 4.69) is 4.98 Å². The molecule has 0 fully saturated rings. The molecule has 0 amide bonds. The van der Waals surface area contributed by atoms with E-state index in [9.17, 15) is 13.2 Å². The summed E-state index contributed by atoms with van der Waals surface area (Å²) >= 11 is 5.76. The Kier molecular flexibility index (Phi) is 4.00. The average Bonchev–Trinajstić information content (AvgIpc) is 2.46. The van der Waals surface area contributed by atoms with Gasteiger partial charge in [0.05, 0.1) is 0 Å². The van der Waals surface area contributed by atoms with Crippen LogP contribution in [-0.4, -0.2) is 17.3 Å². The SMILES string of the molecule is FC(F)(F)CCC1CCCc2ccc(Cl)nc2O1. The maximum Gasteiger partial charge on any atom is 0.389 e. The smallest absolute Gasteiger partial charge is 0.389 e. The predicted molar refractivity (Wildman–Crippen MR) is 61.9 cm³/mol. The number of rotatable bonds is 2. The van der Waals surface area contributed by atoms with Crippen LogP contribution in [0.4, 0.5) is 13.2 Å². The summed E-state index contributed by atoms with van der Waals surface area (Å²) in [6.45, 7) is 0. The lowest BCUT2D eigenvalue weighted by atomic mass is 10.1. The van der Waals surface area contributed by atoms with Gasteiger partial charge in [0.25, 0.3) is 0 Å². The van der Waals surface area contributed by atoms with E-state index in [0.717, 1.165) is 18.4 Å². The van der Waals surface area contributed by atoms with E-state index in [0.29, 0.717) is 17.5 Å². The summed E-state index contributed by atoms with van der Waals surface area (Å²) in [7, 11) is 0. The second-order valence-corrected chi connectivity index (χ2v) is 4.77. The van der Waals surface area contributed by atoms with Gasteiger partial charge in [0.1, 0.15) is 11.3 Å². The molecule has 0 radical (unpaired) electrons. The molecule has 2 heterocycles. The zero-order chi connectivity index (χ0) is 13.2. The molecule has 0 saturated carbocycles. The molecule has 1 aromatic rings. The van der Waals surface area contributed by atoms with Crippen molar-refractivity contribution >= 4 is 11.6 Å². The van der Waals surface area contributed by atoms with Gasteiger partial charge in [0.2, 0.25) is 5.88 Å². The van der Waals surface area contributed by atoms with Crippen molar-refractivity contribution in [1.82, 2.24) is 4.98 Å². The fourth-order valence-corrected chi connectivity index (χ4v) is 2.14. The molecule has 2 nitrogen and oxygen atoms in total. The van der Waals surface area contributed by atoms with Gasteiger partial charge in [-0.15, -0.1) is 0 Å². The van der Waals surface area contributed by atoms with E-state index in [-0.39, 0.29) is 6.42 Å². The highest BCUT2D eigenvalue weighted by Gasteiger charge is 2.29. The first-order valence-corrected chi connectivity index (χ1v) is 6.21. The molecule has 6 heteroatoms. The molecule has 1 atom stereocenters. The van der Waals surface area contributed by atoms with Gasteiger partial charge in [-0.1, -0.05) is 17.7 Å². The Morgan fingerprint density at radius 1 is 1.39 bits per heavy atom. The van der Waals surface area contributed by atoms with Gasteiger partial charge in [-0.25, -0.2) is 4.98 Å². The molecule has 0 aromatic carbocycles. The van der Waals surface area contributed by atoms with E-state index in [1.165, 1.54) is 0 Å². The van der Waals surface area contributed by atoms with Crippen molar-refractivity contribution < 1.29 is 17.9 Å². The summed E-state index contributed by atoms with van der Waals surface area (Å²) in [6.07, 6.45) is -3.24. The van der Waals surface area contributed by atoms with Crippen molar-refractivity contribution in [1.29, 1.82) is 0 Å². The monoisotopic (exact) mass is 279 g/mol. The van der Waals surface area contributed by atoms with E-state index in [4.69, 9.17) is 16.3 Å². The van der Waals surface area contributed by atoms with Crippen LogP contribution < -0.4 is 4.74 Å². The van der Waals surface area contributed by atoms with Gasteiger partial charge in [-0.3, -0.25) is 0 Å². The predicted octanol–water partition coefficient (Wildman–Crippen LogP) is 4.16. The molecular weight excluding hydrogens is 267 g/mol. The number of halogens is 4. The van der Waals surface area contributed by atoms with Crippen molar-refractivity contribution in [3.63, 3.8) is 0 Å². The maximum atomic E-state index is 12.2. The zero-order valence-electron chi connectivity index (χ0n) is 9.63. The summed E-state index contributed by atoms with van der Waals surface area (Å²) in [6, 6.07) is 3.48. The van der Waals surface area contributed by atoms with Crippen LogP contribution in [0.3, 0.4) is 0 Å². The lowest BCUT2D eigenvalue weighted by Gasteiger charge is -2.17. The molecule has 0 aliphatic carbocycles. The fraction of sp³-hybridized carbons (Fsp3) is 0.583. The molecule has 1 aromatic heterocycles. The van der Waals surface area contributed by atoms with Crippen molar-refractivity contribution in [2.45, 2.75) is 44.4 Å². The van der Waals surface area contributed by atoms with Gasteiger partial charge in [0.15, 0.2) is 0 Å². The Morgan fingerprint density at radius 3 is 2.89 bits per heavy atom. The minimum Gasteiger partial charge on any atom is -0.474 e. The number of fused-ring (bicyclic) bond motifs is 1. The molecule has 2 rings (SSSR count). The number of nitrogens with zero attached hydrogens (tertiary/aromatic N) is 1. The maximum absolute atomic E-state index is 12.2. The molecule has 100 valence electrons. The van der Waals surface area contributed by atoms with E-state index < -0.39 is 18.7 Å². The minimum absolute atomic E-state index is 0.0306. The lowest BCUT2D eigenvalue weighted by molar-refractivity contribution is -0.139. The Labute approximate surface area is 108 Å². The quantitative estimate of drug-likeness (QED) is 0.758. The van der Waals surface area contributed by atoms with Crippen LogP contribution in [0.5, 0.6) is 5.88 Å². The highest BCUT2D eigenvalue weighted by Crippen LogP contribution is 2.30. The Morgan fingerprint density at radius 2 is 2.17 bits per heavy atom. The van der Waals surface area contributed by atoms with E-state index >= 15 is 0 Å². The van der Waals surface area contributed by atoms with Crippen LogP contribution in [0.15, 0.2) is 12.1 Å². The first kappa shape index (κ1) is 13.5. The zero-order valence-corrected chi connectivity index (χ0v) is 10.4. The second-order valence-electron chi connectivity index (χ2n) is 4.38. The fourth-order valence-electron chi connectivity index (χ4n) is 2.00. The Balaban J connectivity index is 2.04. The Hall–Kier alpha value is -0.970. The number of hydrogen-bond donors (Lipinski definition) is 0. The molecule has 0 bridgehead atoms. The van der Waals surface area contributed by atoms with Crippen molar-refractivity contribution in [2.75, 3.05) is 0 Å². The first-order valence-electron chi connectivity index (χ1n) is 5.83. The van der Waals surface area contributed by atoms with Crippen LogP contribution in [-0.2, 0) is 6.42 Å². The average molecular weight is 280 g/mol. The largest absolute Gasteiger partial charge is 0.474 e. The molecule has 1 aliphatic rings. The third kappa shape index (κ3) is 3.77. The van der Waals surface area contributed by atoms with Crippen LogP contribution in [0.2, 0.25) is 5.15 Å². The normalized spacial score (nSPS) is 19.9. The molecule has 0 spiro atoms. The number of aromatic nitrogens is 1. The summed E-state index contributed by atoms with van der Waals surface area (Å²) in [5.74, 6) is 0.382. The number of ether oxygens (including phenoxy) is 1. The Bertz CT molecular complexity index is 422. The van der Waals surface area contributed by atoms with Gasteiger partial charge in [-0.2, -0.15) is 13.2 Å². The highest BCUT2D eigenvalue weighted by molar-refractivity contribution is 6.29. The third-order valence-electron chi connectivity index (χ3n) is 2.91. The molecule has 0 saturated heterocycles. The van der Waals surface area contributed by atoms with Crippen LogP contribution in [0, 0.1) is 0 Å². The molecule has 1 unspecified atom stereocenters. The molecule has 18 heavy (non-hydrogen) atoms. The second kappa shape index (κ2) is 5.34. The highest BCUT2D eigenvalue weighted by atomic mass is 35.5. The van der Waals surface area contributed by atoms with Gasteiger partial charge in [0, 0.05) is 12.0 Å². The molecular formula is C12H13ClF3NO. The van der Waals surface area contributed by atoms with Crippen LogP contribution in [0.1, 0.15) is 31.2 Å². The number of hydrogen-bond acceptors (Lipinski definition) is 2. The number of pyridine rings is 1. The summed E-state index contributed by atoms with van der Waals surface area (Å²) in [4.78, 5) is 4.03. The van der Waals surface area contributed by atoms with E-state index in [1.807, 2.05) is 6.07 Å². The number of aryl methyl sites for hydroxylation is 1. The van der Waals surface area contributed by atoms with Crippen LogP contribution in [0.25, 0.3) is 0 Å². The first-order chi connectivity index (χ1) is 8.44. The van der Waals surface area contributed by atoms with Crippen LogP contribution >= 0.6 is 11.6 Å². The van der Waals surface area contributed by atoms with E-state index in [1.54, 1.807) is 6.07 Å². The summed E-state index contributed by atoms with van der Waals surface area (Å²) in [5, 5.41) is 0.297. The number of alkyl halides is 3. The van der Waals surface area contributed by atoms with Gasteiger partial charge < -0.3 is 4.74 Å². The lowest BCUT2D eigenvalue weighted by Crippen LogP contribution is -2.20. The van der Waals surface area contributed by atoms with Gasteiger partial charge in [-0.05, 0) is 31.7 Å². The molecule has 0 N–H and O–H groups in total. The van der Waals surface area contributed by atoms with Gasteiger partial charge >= 0.3 is 6.18 Å². The standard InChI is InChI=1S/C12H13ClF3NO/c13-10-5-4-8-2-1-3-9(18-11(8)17-10)6-7-12(14,15)16/h4-5,9H,1-3,6-7H2. The molecule has 1 aliphatic heterocycles. The van der Waals surface area contributed by atoms with Crippen molar-refractivity contribution in [2.24, 2.45) is 0 Å². The van der Waals surface area contributed by atoms with Crippen molar-refractivity contribution in [3.8, 4) is 5.88 Å². The minimum atomic E-state index is -4.14. The third-order valence-corrected chi connectivity index (χ3v) is 3.12.